The highest BCUT2D eigenvalue weighted by Gasteiger charge is 2.12. The maximum absolute atomic E-state index is 9.64. The average molecular weight is 181 g/mol. The van der Waals surface area contributed by atoms with E-state index in [4.69, 9.17) is 10.5 Å². The van der Waals surface area contributed by atoms with Gasteiger partial charge in [0, 0.05) is 6.04 Å². The first-order chi connectivity index (χ1) is 6.15. The number of hydrogen-bond acceptors (Lipinski definition) is 3. The van der Waals surface area contributed by atoms with Crippen molar-refractivity contribution in [3.8, 4) is 5.75 Å². The van der Waals surface area contributed by atoms with Gasteiger partial charge in [-0.1, -0.05) is 12.1 Å². The highest BCUT2D eigenvalue weighted by molar-refractivity contribution is 5.30. The van der Waals surface area contributed by atoms with Crippen molar-refractivity contribution in [1.29, 1.82) is 0 Å². The smallest absolute Gasteiger partial charge is 0.119 e. The van der Waals surface area contributed by atoms with Gasteiger partial charge in [0.25, 0.3) is 0 Å². The minimum Gasteiger partial charge on any atom is -0.497 e. The summed E-state index contributed by atoms with van der Waals surface area (Å²) >= 11 is 0. The fourth-order valence-corrected chi connectivity index (χ4v) is 1.13. The Morgan fingerprint density at radius 1 is 1.46 bits per heavy atom. The summed E-state index contributed by atoms with van der Waals surface area (Å²) in [7, 11) is 1.59. The molecule has 1 unspecified atom stereocenters. The molecule has 1 aromatic rings. The van der Waals surface area contributed by atoms with Gasteiger partial charge < -0.3 is 15.6 Å². The highest BCUT2D eigenvalue weighted by atomic mass is 16.5. The largest absolute Gasteiger partial charge is 0.497 e. The van der Waals surface area contributed by atoms with Gasteiger partial charge in [0.2, 0.25) is 0 Å². The third kappa shape index (κ3) is 2.44. The van der Waals surface area contributed by atoms with Gasteiger partial charge >= 0.3 is 0 Å². The molecule has 1 rings (SSSR count). The van der Waals surface area contributed by atoms with Crippen molar-refractivity contribution in [2.75, 3.05) is 7.11 Å². The molecule has 0 fully saturated rings. The molecular formula is C10H15NO2. The van der Waals surface area contributed by atoms with Crippen molar-refractivity contribution >= 4 is 0 Å². The molecule has 0 spiro atoms. The van der Waals surface area contributed by atoms with Crippen molar-refractivity contribution in [2.45, 2.75) is 19.1 Å². The second kappa shape index (κ2) is 4.25. The fourth-order valence-electron chi connectivity index (χ4n) is 1.13. The van der Waals surface area contributed by atoms with Crippen LogP contribution in [-0.4, -0.2) is 18.3 Å². The molecule has 0 bridgehead atoms. The van der Waals surface area contributed by atoms with Gasteiger partial charge in [-0.15, -0.1) is 0 Å². The zero-order chi connectivity index (χ0) is 9.84. The predicted octanol–water partition coefficient (Wildman–Crippen LogP) is 1.08. The lowest BCUT2D eigenvalue weighted by Gasteiger charge is -2.15. The summed E-state index contributed by atoms with van der Waals surface area (Å²) in [6.45, 7) is 1.77. The van der Waals surface area contributed by atoms with Gasteiger partial charge in [-0.05, 0) is 24.6 Å². The van der Waals surface area contributed by atoms with Crippen LogP contribution in [0, 0.1) is 0 Å². The monoisotopic (exact) mass is 181 g/mol. The van der Waals surface area contributed by atoms with Crippen LogP contribution in [0.1, 0.15) is 18.6 Å². The van der Waals surface area contributed by atoms with Crippen LogP contribution < -0.4 is 10.5 Å². The van der Waals surface area contributed by atoms with Crippen LogP contribution in [0.4, 0.5) is 0 Å². The first-order valence-electron chi connectivity index (χ1n) is 4.22. The number of benzene rings is 1. The third-order valence-electron chi connectivity index (χ3n) is 1.93. The molecule has 3 nitrogen and oxygen atoms in total. The zero-order valence-electron chi connectivity index (χ0n) is 7.90. The minimum absolute atomic E-state index is 0.271. The van der Waals surface area contributed by atoms with E-state index in [2.05, 4.69) is 0 Å². The SMILES string of the molecule is COc1cccc([C@@H](O)C(C)N)c1. The van der Waals surface area contributed by atoms with Gasteiger partial charge in [0.1, 0.15) is 5.75 Å². The molecule has 13 heavy (non-hydrogen) atoms. The number of aliphatic hydroxyl groups is 1. The standard InChI is InChI=1S/C10H15NO2/c1-7(11)10(12)8-4-3-5-9(6-8)13-2/h3-7,10,12H,11H2,1-2H3/t7?,10-/m0/s1. The molecule has 0 radical (unpaired) electrons. The average Bonchev–Trinajstić information content (AvgIpc) is 2.16. The topological polar surface area (TPSA) is 55.5 Å². The molecule has 0 saturated heterocycles. The van der Waals surface area contributed by atoms with Crippen LogP contribution in [-0.2, 0) is 0 Å². The molecule has 0 saturated carbocycles. The molecule has 72 valence electrons. The predicted molar refractivity (Wildman–Crippen MR) is 51.6 cm³/mol. The van der Waals surface area contributed by atoms with Crippen molar-refractivity contribution in [3.05, 3.63) is 29.8 Å². The number of hydrogen-bond donors (Lipinski definition) is 2. The maximum Gasteiger partial charge on any atom is 0.119 e. The van der Waals surface area contributed by atoms with Gasteiger partial charge in [-0.3, -0.25) is 0 Å². The van der Waals surface area contributed by atoms with Gasteiger partial charge in [0.15, 0.2) is 0 Å². The minimum atomic E-state index is -0.630. The Kier molecular flexibility index (Phi) is 3.28. The summed E-state index contributed by atoms with van der Waals surface area (Å²) in [5.41, 5.74) is 6.36. The molecule has 0 heterocycles. The third-order valence-corrected chi connectivity index (χ3v) is 1.93. The van der Waals surface area contributed by atoms with Crippen molar-refractivity contribution in [1.82, 2.24) is 0 Å². The van der Waals surface area contributed by atoms with E-state index in [9.17, 15) is 5.11 Å². The first kappa shape index (κ1) is 10.0. The molecule has 0 aliphatic rings. The summed E-state index contributed by atoms with van der Waals surface area (Å²) in [5, 5.41) is 9.64. The van der Waals surface area contributed by atoms with Crippen LogP contribution in [0.5, 0.6) is 5.75 Å². The van der Waals surface area contributed by atoms with Crippen LogP contribution in [0.15, 0.2) is 24.3 Å². The van der Waals surface area contributed by atoms with E-state index in [-0.39, 0.29) is 6.04 Å². The molecule has 0 aliphatic heterocycles. The highest BCUT2D eigenvalue weighted by Crippen LogP contribution is 2.20. The maximum atomic E-state index is 9.64. The number of ether oxygens (including phenoxy) is 1. The second-order valence-electron chi connectivity index (χ2n) is 3.08. The van der Waals surface area contributed by atoms with E-state index in [1.54, 1.807) is 20.1 Å². The van der Waals surface area contributed by atoms with Crippen LogP contribution in [0.3, 0.4) is 0 Å². The van der Waals surface area contributed by atoms with E-state index >= 15 is 0 Å². The Labute approximate surface area is 78.1 Å². The molecule has 0 aliphatic carbocycles. The zero-order valence-corrected chi connectivity index (χ0v) is 7.90. The molecule has 0 amide bonds. The molecule has 1 aromatic carbocycles. The van der Waals surface area contributed by atoms with E-state index < -0.39 is 6.10 Å². The summed E-state index contributed by atoms with van der Waals surface area (Å²) in [5.74, 6) is 0.734. The van der Waals surface area contributed by atoms with Gasteiger partial charge in [0.05, 0.1) is 13.2 Å². The quantitative estimate of drug-likeness (QED) is 0.733. The number of aliphatic hydroxyl groups excluding tert-OH is 1. The van der Waals surface area contributed by atoms with Crippen LogP contribution in [0.25, 0.3) is 0 Å². The summed E-state index contributed by atoms with van der Waals surface area (Å²) in [4.78, 5) is 0. The van der Waals surface area contributed by atoms with Crippen LogP contribution >= 0.6 is 0 Å². The number of nitrogens with two attached hydrogens (primary N) is 1. The Morgan fingerprint density at radius 3 is 2.69 bits per heavy atom. The second-order valence-corrected chi connectivity index (χ2v) is 3.08. The normalized spacial score (nSPS) is 15.1. The van der Waals surface area contributed by atoms with Crippen LogP contribution in [0.2, 0.25) is 0 Å². The van der Waals surface area contributed by atoms with E-state index in [1.807, 2.05) is 18.2 Å². The Hall–Kier alpha value is -1.06. The summed E-state index contributed by atoms with van der Waals surface area (Å²) < 4.78 is 5.03. The molecule has 3 N–H and O–H groups in total. The van der Waals surface area contributed by atoms with E-state index in [0.717, 1.165) is 11.3 Å². The molecule has 3 heteroatoms. The fraction of sp³-hybridized carbons (Fsp3) is 0.400. The first-order valence-corrected chi connectivity index (χ1v) is 4.22. The Bertz CT molecular complexity index is 273. The van der Waals surface area contributed by atoms with E-state index in [0.29, 0.717) is 0 Å². The lowest BCUT2D eigenvalue weighted by Crippen LogP contribution is -2.24. The summed E-state index contributed by atoms with van der Waals surface area (Å²) in [6.07, 6.45) is -0.630. The lowest BCUT2D eigenvalue weighted by atomic mass is 10.0. The molecule has 2 atom stereocenters. The lowest BCUT2D eigenvalue weighted by molar-refractivity contribution is 0.153. The molecular weight excluding hydrogens is 166 g/mol. The van der Waals surface area contributed by atoms with Gasteiger partial charge in [-0.2, -0.15) is 0 Å². The van der Waals surface area contributed by atoms with Crippen molar-refractivity contribution in [3.63, 3.8) is 0 Å². The van der Waals surface area contributed by atoms with E-state index in [1.165, 1.54) is 0 Å². The Morgan fingerprint density at radius 2 is 2.15 bits per heavy atom. The number of rotatable bonds is 3. The number of methoxy groups -OCH3 is 1. The summed E-state index contributed by atoms with van der Waals surface area (Å²) in [6, 6.07) is 7.01. The Balaban J connectivity index is 2.88. The molecule has 0 aromatic heterocycles. The van der Waals surface area contributed by atoms with Crippen molar-refractivity contribution in [2.24, 2.45) is 5.73 Å². The van der Waals surface area contributed by atoms with Crippen molar-refractivity contribution < 1.29 is 9.84 Å². The van der Waals surface area contributed by atoms with Gasteiger partial charge in [-0.25, -0.2) is 0 Å².